The number of pyridine rings is 1. The van der Waals surface area contributed by atoms with Gasteiger partial charge in [0, 0.05) is 30.1 Å². The summed E-state index contributed by atoms with van der Waals surface area (Å²) >= 11 is 6.10. The van der Waals surface area contributed by atoms with Crippen molar-refractivity contribution >= 4 is 17.6 Å². The van der Waals surface area contributed by atoms with Crippen LogP contribution in [0, 0.1) is 0 Å². The third-order valence-corrected chi connectivity index (χ3v) is 5.46. The van der Waals surface area contributed by atoms with Gasteiger partial charge in [0.05, 0.1) is 5.02 Å². The van der Waals surface area contributed by atoms with Gasteiger partial charge in [0.25, 0.3) is 6.02 Å². The molecule has 3 aliphatic heterocycles. The molecule has 3 aliphatic rings. The molecule has 0 aliphatic carbocycles. The molecule has 1 aromatic heterocycles. The number of hydrogen-bond acceptors (Lipinski definition) is 6. The van der Waals surface area contributed by atoms with Crippen LogP contribution >= 0.6 is 11.6 Å². The second kappa shape index (κ2) is 5.86. The highest BCUT2D eigenvalue weighted by molar-refractivity contribution is 6.30. The number of benzene rings is 1. The Hall–Kier alpha value is -2.31. The number of aliphatic imine (C=N–C) groups is 1. The maximum atomic E-state index is 6.24. The predicted molar refractivity (Wildman–Crippen MR) is 97.3 cm³/mol. The Labute approximate surface area is 155 Å². The number of hydrogen-bond donors (Lipinski definition) is 1. The molecule has 4 heterocycles. The number of ether oxygens (including phenoxy) is 3. The normalized spacial score (nSPS) is 29.3. The van der Waals surface area contributed by atoms with E-state index in [1.165, 1.54) is 0 Å². The van der Waals surface area contributed by atoms with Gasteiger partial charge < -0.3 is 19.9 Å². The summed E-state index contributed by atoms with van der Waals surface area (Å²) in [6, 6.07) is 8.12. The third kappa shape index (κ3) is 2.36. The molecule has 3 unspecified atom stereocenters. The van der Waals surface area contributed by atoms with Crippen LogP contribution < -0.4 is 10.5 Å². The molecule has 6 nitrogen and oxygen atoms in total. The summed E-state index contributed by atoms with van der Waals surface area (Å²) in [7, 11) is 0. The Bertz CT molecular complexity index is 903. The largest absolute Gasteiger partial charge is 0.487 e. The van der Waals surface area contributed by atoms with Gasteiger partial charge in [-0.1, -0.05) is 17.7 Å². The first kappa shape index (κ1) is 15.9. The van der Waals surface area contributed by atoms with E-state index in [1.54, 1.807) is 12.4 Å². The lowest BCUT2D eigenvalue weighted by Crippen LogP contribution is -2.55. The van der Waals surface area contributed by atoms with E-state index in [4.69, 9.17) is 31.5 Å². The highest BCUT2D eigenvalue weighted by atomic mass is 35.5. The molecule has 0 radical (unpaired) electrons. The highest BCUT2D eigenvalue weighted by Gasteiger charge is 2.55. The number of amidine groups is 1. The van der Waals surface area contributed by atoms with Crippen LogP contribution in [0.3, 0.4) is 0 Å². The lowest BCUT2D eigenvalue weighted by atomic mass is 9.77. The fraction of sp³-hybridized carbons (Fsp3) is 0.368. The molecule has 7 heteroatoms. The minimum atomic E-state index is -0.676. The van der Waals surface area contributed by atoms with Gasteiger partial charge in [0.15, 0.2) is 5.54 Å². The summed E-state index contributed by atoms with van der Waals surface area (Å²) in [4.78, 5) is 8.86. The molecule has 1 fully saturated rings. The summed E-state index contributed by atoms with van der Waals surface area (Å²) < 4.78 is 17.9. The van der Waals surface area contributed by atoms with Gasteiger partial charge in [0.2, 0.25) is 0 Å². The lowest BCUT2D eigenvalue weighted by molar-refractivity contribution is -0.117. The van der Waals surface area contributed by atoms with Gasteiger partial charge in [-0.25, -0.2) is 4.99 Å². The maximum absolute atomic E-state index is 6.24. The maximum Gasteiger partial charge on any atom is 0.283 e. The van der Waals surface area contributed by atoms with Crippen molar-refractivity contribution in [2.45, 2.75) is 30.6 Å². The van der Waals surface area contributed by atoms with Gasteiger partial charge in [-0.15, -0.1) is 0 Å². The van der Waals surface area contributed by atoms with E-state index in [1.807, 2.05) is 18.2 Å². The smallest absolute Gasteiger partial charge is 0.283 e. The number of nitrogens with two attached hydrogens (primary N) is 1. The second-order valence-corrected chi connectivity index (χ2v) is 7.29. The molecule has 5 rings (SSSR count). The van der Waals surface area contributed by atoms with Crippen molar-refractivity contribution in [2.24, 2.45) is 10.7 Å². The minimum Gasteiger partial charge on any atom is -0.487 e. The summed E-state index contributed by atoms with van der Waals surface area (Å²) in [5.41, 5.74) is 8.06. The van der Waals surface area contributed by atoms with Crippen molar-refractivity contribution in [3.8, 4) is 16.9 Å². The first-order valence-electron chi connectivity index (χ1n) is 8.67. The van der Waals surface area contributed by atoms with Gasteiger partial charge in [-0.05, 0) is 36.6 Å². The molecule has 26 heavy (non-hydrogen) atoms. The van der Waals surface area contributed by atoms with Crippen LogP contribution in [0.15, 0.2) is 41.7 Å². The average molecular weight is 372 g/mol. The van der Waals surface area contributed by atoms with Crippen LogP contribution in [0.1, 0.15) is 18.4 Å². The molecule has 0 amide bonds. The Morgan fingerprint density at radius 2 is 2.12 bits per heavy atom. The van der Waals surface area contributed by atoms with E-state index in [-0.39, 0.29) is 18.2 Å². The summed E-state index contributed by atoms with van der Waals surface area (Å²) in [6.07, 6.45) is 5.04. The number of nitrogens with zero attached hydrogens (tertiary/aromatic N) is 2. The van der Waals surface area contributed by atoms with Crippen molar-refractivity contribution in [3.05, 3.63) is 47.2 Å². The fourth-order valence-corrected chi connectivity index (χ4v) is 4.26. The van der Waals surface area contributed by atoms with Crippen LogP contribution in [0.4, 0.5) is 0 Å². The van der Waals surface area contributed by atoms with Crippen molar-refractivity contribution in [3.63, 3.8) is 0 Å². The summed E-state index contributed by atoms with van der Waals surface area (Å²) in [5, 5.41) is 0.591. The Morgan fingerprint density at radius 3 is 2.92 bits per heavy atom. The van der Waals surface area contributed by atoms with E-state index in [2.05, 4.69) is 16.0 Å². The van der Waals surface area contributed by atoms with Crippen LogP contribution in [0.2, 0.25) is 5.02 Å². The van der Waals surface area contributed by atoms with Gasteiger partial charge in [-0.2, -0.15) is 0 Å². The first-order valence-corrected chi connectivity index (χ1v) is 9.05. The summed E-state index contributed by atoms with van der Waals surface area (Å²) in [5.74, 6) is 0.803. The lowest BCUT2D eigenvalue weighted by Gasteiger charge is -2.45. The van der Waals surface area contributed by atoms with Crippen molar-refractivity contribution in [2.75, 3.05) is 13.2 Å². The number of halogens is 1. The molecule has 2 aromatic rings. The first-order chi connectivity index (χ1) is 12.7. The third-order valence-electron chi connectivity index (χ3n) is 5.25. The fourth-order valence-electron chi connectivity index (χ4n) is 4.09. The number of aromatic nitrogens is 1. The van der Waals surface area contributed by atoms with Crippen LogP contribution in [0.25, 0.3) is 11.1 Å². The Kier molecular flexibility index (Phi) is 3.58. The quantitative estimate of drug-likeness (QED) is 0.833. The van der Waals surface area contributed by atoms with Crippen molar-refractivity contribution < 1.29 is 14.2 Å². The number of rotatable bonds is 1. The van der Waals surface area contributed by atoms with Gasteiger partial charge in [0.1, 0.15) is 24.6 Å². The van der Waals surface area contributed by atoms with E-state index in [0.29, 0.717) is 18.2 Å². The molecule has 2 N–H and O–H groups in total. The zero-order chi connectivity index (χ0) is 17.7. The van der Waals surface area contributed by atoms with Crippen LogP contribution in [-0.4, -0.2) is 36.4 Å². The Morgan fingerprint density at radius 1 is 1.19 bits per heavy atom. The SMILES string of the molecule is NC1=NC2(CO1)c1cc(-c3cncc(Cl)c3)ccc1OC1CCCOC12. The molecular formula is C19H18ClN3O3. The molecule has 134 valence electrons. The number of fused-ring (bicyclic) bond motifs is 4. The van der Waals surface area contributed by atoms with Gasteiger partial charge >= 0.3 is 0 Å². The summed E-state index contributed by atoms with van der Waals surface area (Å²) in [6.45, 7) is 1.04. The second-order valence-electron chi connectivity index (χ2n) is 6.86. The zero-order valence-electron chi connectivity index (χ0n) is 14.0. The molecule has 0 bridgehead atoms. The molecule has 1 spiro atoms. The van der Waals surface area contributed by atoms with Crippen LogP contribution in [0.5, 0.6) is 5.75 Å². The molecule has 0 saturated carbocycles. The van der Waals surface area contributed by atoms with Crippen molar-refractivity contribution in [1.29, 1.82) is 0 Å². The minimum absolute atomic E-state index is 0.0480. The standard InChI is InChI=1S/C19H18ClN3O3/c20-13-6-12(8-22-9-13)11-3-4-15-14(7-11)19(10-25-18(21)23-19)17-16(26-15)2-1-5-24-17/h3-4,6-9,16-17H,1-2,5,10H2,(H2,21,23). The van der Waals surface area contributed by atoms with E-state index in [0.717, 1.165) is 35.3 Å². The zero-order valence-corrected chi connectivity index (χ0v) is 14.8. The van der Waals surface area contributed by atoms with E-state index >= 15 is 0 Å². The monoisotopic (exact) mass is 371 g/mol. The van der Waals surface area contributed by atoms with E-state index in [9.17, 15) is 0 Å². The molecule has 1 aromatic carbocycles. The van der Waals surface area contributed by atoms with Crippen molar-refractivity contribution in [1.82, 2.24) is 4.98 Å². The topological polar surface area (TPSA) is 79.0 Å². The van der Waals surface area contributed by atoms with Crippen LogP contribution in [-0.2, 0) is 15.0 Å². The molecular weight excluding hydrogens is 354 g/mol. The average Bonchev–Trinajstić information content (AvgIpc) is 3.04. The predicted octanol–water partition coefficient (Wildman–Crippen LogP) is 2.88. The molecule has 3 atom stereocenters. The highest BCUT2D eigenvalue weighted by Crippen LogP contribution is 2.49. The van der Waals surface area contributed by atoms with Gasteiger partial charge in [-0.3, -0.25) is 4.98 Å². The Balaban J connectivity index is 1.67. The molecule has 1 saturated heterocycles. The van der Waals surface area contributed by atoms with E-state index < -0.39 is 5.54 Å².